The SMILES string of the molecule is O=C1CCCC(Oc2ccc([N+](=O)[O-])cc2)O1. The fraction of sp³-hybridized carbons (Fsp3) is 0.364. The average molecular weight is 237 g/mol. The first kappa shape index (κ1) is 11.4. The summed E-state index contributed by atoms with van der Waals surface area (Å²) in [6, 6.07) is 5.67. The Morgan fingerprint density at radius 3 is 2.65 bits per heavy atom. The second-order valence-corrected chi connectivity index (χ2v) is 3.68. The Morgan fingerprint density at radius 1 is 1.35 bits per heavy atom. The number of cyclic esters (lactones) is 1. The van der Waals surface area contributed by atoms with E-state index in [2.05, 4.69) is 0 Å². The molecule has 2 rings (SSSR count). The molecule has 1 aromatic carbocycles. The fourth-order valence-electron chi connectivity index (χ4n) is 1.56. The highest BCUT2D eigenvalue weighted by Gasteiger charge is 2.21. The first-order valence-corrected chi connectivity index (χ1v) is 5.26. The van der Waals surface area contributed by atoms with E-state index in [1.54, 1.807) is 0 Å². The Hall–Kier alpha value is -2.11. The second kappa shape index (κ2) is 4.82. The van der Waals surface area contributed by atoms with Crippen molar-refractivity contribution in [3.05, 3.63) is 34.4 Å². The molecule has 0 radical (unpaired) electrons. The lowest BCUT2D eigenvalue weighted by atomic mass is 10.2. The molecule has 0 saturated carbocycles. The lowest BCUT2D eigenvalue weighted by Gasteiger charge is -2.22. The molecule has 1 aliphatic rings. The maximum atomic E-state index is 11.0. The molecule has 1 atom stereocenters. The minimum atomic E-state index is -0.585. The zero-order valence-electron chi connectivity index (χ0n) is 9.00. The Morgan fingerprint density at radius 2 is 2.06 bits per heavy atom. The van der Waals surface area contributed by atoms with Crippen LogP contribution in [0, 0.1) is 10.1 Å². The average Bonchev–Trinajstić information content (AvgIpc) is 2.29. The summed E-state index contributed by atoms with van der Waals surface area (Å²) >= 11 is 0. The molecule has 6 nitrogen and oxygen atoms in total. The number of rotatable bonds is 3. The van der Waals surface area contributed by atoms with Crippen LogP contribution in [0.5, 0.6) is 5.75 Å². The summed E-state index contributed by atoms with van der Waals surface area (Å²) < 4.78 is 10.4. The monoisotopic (exact) mass is 237 g/mol. The van der Waals surface area contributed by atoms with Crippen LogP contribution >= 0.6 is 0 Å². The first-order chi connectivity index (χ1) is 8.15. The number of nitro groups is 1. The number of carbonyl (C=O) groups excluding carboxylic acids is 1. The van der Waals surface area contributed by atoms with Gasteiger partial charge in [-0.2, -0.15) is 0 Å². The van der Waals surface area contributed by atoms with E-state index in [1.807, 2.05) is 0 Å². The number of carbonyl (C=O) groups is 1. The minimum Gasteiger partial charge on any atom is -0.455 e. The summed E-state index contributed by atoms with van der Waals surface area (Å²) in [7, 11) is 0. The molecule has 1 unspecified atom stereocenters. The Kier molecular flexibility index (Phi) is 3.22. The molecule has 90 valence electrons. The van der Waals surface area contributed by atoms with Gasteiger partial charge in [0.05, 0.1) is 4.92 Å². The van der Waals surface area contributed by atoms with Crippen molar-refractivity contribution in [2.24, 2.45) is 0 Å². The van der Waals surface area contributed by atoms with Crippen molar-refractivity contribution in [1.82, 2.24) is 0 Å². The summed E-state index contributed by atoms with van der Waals surface area (Å²) in [4.78, 5) is 21.0. The van der Waals surface area contributed by atoms with E-state index < -0.39 is 11.2 Å². The molecule has 0 bridgehead atoms. The summed E-state index contributed by atoms with van der Waals surface area (Å²) in [5.41, 5.74) is -0.00186. The van der Waals surface area contributed by atoms with Crippen LogP contribution in [-0.2, 0) is 9.53 Å². The van der Waals surface area contributed by atoms with Crippen molar-refractivity contribution >= 4 is 11.7 Å². The molecule has 1 aliphatic heterocycles. The van der Waals surface area contributed by atoms with Crippen LogP contribution in [0.1, 0.15) is 19.3 Å². The third-order valence-corrected chi connectivity index (χ3v) is 2.40. The van der Waals surface area contributed by atoms with Crippen LogP contribution in [0.15, 0.2) is 24.3 Å². The van der Waals surface area contributed by atoms with Crippen LogP contribution in [0.3, 0.4) is 0 Å². The summed E-state index contributed by atoms with van der Waals surface area (Å²) in [5.74, 6) is 0.179. The predicted octanol–water partition coefficient (Wildman–Crippen LogP) is 2.03. The van der Waals surface area contributed by atoms with Gasteiger partial charge in [-0.3, -0.25) is 14.9 Å². The van der Waals surface area contributed by atoms with Crippen molar-refractivity contribution in [3.63, 3.8) is 0 Å². The first-order valence-electron chi connectivity index (χ1n) is 5.26. The van der Waals surface area contributed by atoms with Crippen LogP contribution in [-0.4, -0.2) is 17.2 Å². The lowest BCUT2D eigenvalue weighted by Crippen LogP contribution is -2.28. The van der Waals surface area contributed by atoms with E-state index in [4.69, 9.17) is 9.47 Å². The largest absolute Gasteiger partial charge is 0.455 e. The fourth-order valence-corrected chi connectivity index (χ4v) is 1.56. The molecule has 1 aromatic rings. The van der Waals surface area contributed by atoms with Crippen LogP contribution in [0.2, 0.25) is 0 Å². The number of hydrogen-bond acceptors (Lipinski definition) is 5. The zero-order chi connectivity index (χ0) is 12.3. The number of non-ortho nitro benzene ring substituents is 1. The van der Waals surface area contributed by atoms with Gasteiger partial charge in [0.15, 0.2) is 0 Å². The van der Waals surface area contributed by atoms with Crippen molar-refractivity contribution in [1.29, 1.82) is 0 Å². The van der Waals surface area contributed by atoms with Gasteiger partial charge in [0.1, 0.15) is 5.75 Å². The summed E-state index contributed by atoms with van der Waals surface area (Å²) in [6.45, 7) is 0. The highest BCUT2D eigenvalue weighted by atomic mass is 16.7. The highest BCUT2D eigenvalue weighted by molar-refractivity contribution is 5.70. The molecule has 17 heavy (non-hydrogen) atoms. The van der Waals surface area contributed by atoms with E-state index in [0.717, 1.165) is 6.42 Å². The normalized spacial score (nSPS) is 19.5. The molecule has 1 heterocycles. The molecular formula is C11H11NO5. The number of nitro benzene ring substituents is 1. The van der Waals surface area contributed by atoms with Gasteiger partial charge in [-0.15, -0.1) is 0 Å². The maximum absolute atomic E-state index is 11.0. The Labute approximate surface area is 97.3 Å². The predicted molar refractivity (Wildman–Crippen MR) is 57.5 cm³/mol. The standard InChI is InChI=1S/C11H11NO5/c13-10-2-1-3-11(17-10)16-9-6-4-8(5-7-9)12(14)15/h4-7,11H,1-3H2. The number of nitrogens with zero attached hydrogens (tertiary/aromatic N) is 1. The molecular weight excluding hydrogens is 226 g/mol. The third kappa shape index (κ3) is 2.93. The van der Waals surface area contributed by atoms with Gasteiger partial charge in [0.25, 0.3) is 5.69 Å². The zero-order valence-corrected chi connectivity index (χ0v) is 9.00. The molecule has 0 aliphatic carbocycles. The number of hydrogen-bond donors (Lipinski definition) is 0. The van der Waals surface area contributed by atoms with Gasteiger partial charge in [0.2, 0.25) is 6.29 Å². The highest BCUT2D eigenvalue weighted by Crippen LogP contribution is 2.22. The van der Waals surface area contributed by atoms with Crippen molar-refractivity contribution in [2.45, 2.75) is 25.6 Å². The quantitative estimate of drug-likeness (QED) is 0.456. The van der Waals surface area contributed by atoms with Crippen molar-refractivity contribution in [3.8, 4) is 5.75 Å². The summed E-state index contributed by atoms with van der Waals surface area (Å²) in [5, 5.41) is 10.4. The smallest absolute Gasteiger partial charge is 0.308 e. The van der Waals surface area contributed by atoms with Gasteiger partial charge in [-0.1, -0.05) is 0 Å². The second-order valence-electron chi connectivity index (χ2n) is 3.68. The topological polar surface area (TPSA) is 78.7 Å². The van der Waals surface area contributed by atoms with E-state index in [0.29, 0.717) is 18.6 Å². The summed E-state index contributed by atoms with van der Waals surface area (Å²) in [6.07, 6.45) is 1.21. The molecule has 0 aromatic heterocycles. The van der Waals surface area contributed by atoms with E-state index >= 15 is 0 Å². The van der Waals surface area contributed by atoms with Gasteiger partial charge in [0, 0.05) is 25.0 Å². The van der Waals surface area contributed by atoms with E-state index in [1.165, 1.54) is 24.3 Å². The van der Waals surface area contributed by atoms with Gasteiger partial charge in [-0.05, 0) is 18.6 Å². The minimum absolute atomic E-state index is 0.00186. The van der Waals surface area contributed by atoms with Crippen molar-refractivity contribution < 1.29 is 19.2 Å². The molecule has 6 heteroatoms. The van der Waals surface area contributed by atoms with Crippen molar-refractivity contribution in [2.75, 3.05) is 0 Å². The number of ether oxygens (including phenoxy) is 2. The van der Waals surface area contributed by atoms with Gasteiger partial charge >= 0.3 is 5.97 Å². The molecule has 0 spiro atoms. The maximum Gasteiger partial charge on any atom is 0.308 e. The molecule has 1 saturated heterocycles. The number of esters is 1. The van der Waals surface area contributed by atoms with Gasteiger partial charge < -0.3 is 9.47 Å². The third-order valence-electron chi connectivity index (χ3n) is 2.40. The van der Waals surface area contributed by atoms with E-state index in [-0.39, 0.29) is 11.7 Å². The van der Waals surface area contributed by atoms with Crippen LogP contribution in [0.4, 0.5) is 5.69 Å². The number of benzene rings is 1. The Bertz CT molecular complexity index is 428. The molecule has 1 fully saturated rings. The lowest BCUT2D eigenvalue weighted by molar-refractivity contribution is -0.384. The Balaban J connectivity index is 1.98. The van der Waals surface area contributed by atoms with Gasteiger partial charge in [-0.25, -0.2) is 0 Å². The van der Waals surface area contributed by atoms with E-state index in [9.17, 15) is 14.9 Å². The van der Waals surface area contributed by atoms with Crippen LogP contribution < -0.4 is 4.74 Å². The molecule has 0 amide bonds. The van der Waals surface area contributed by atoms with Crippen LogP contribution in [0.25, 0.3) is 0 Å². The molecule has 0 N–H and O–H groups in total.